The van der Waals surface area contributed by atoms with Crippen LogP contribution < -0.4 is 10.1 Å². The summed E-state index contributed by atoms with van der Waals surface area (Å²) in [7, 11) is 0. The molecule has 0 spiro atoms. The molecule has 1 aliphatic rings. The van der Waals surface area contributed by atoms with Crippen molar-refractivity contribution >= 4 is 11.8 Å². The van der Waals surface area contributed by atoms with Crippen LogP contribution in [0.3, 0.4) is 0 Å². The van der Waals surface area contributed by atoms with E-state index in [1.54, 1.807) is 0 Å². The van der Waals surface area contributed by atoms with E-state index in [2.05, 4.69) is 24.1 Å². The largest absolute Gasteiger partial charge is 0.491 e. The second-order valence-corrected chi connectivity index (χ2v) is 7.21. The van der Waals surface area contributed by atoms with E-state index in [9.17, 15) is 4.79 Å². The molecule has 1 fully saturated rings. The number of nitrogens with one attached hydrogen (secondary N) is 1. The van der Waals surface area contributed by atoms with Crippen LogP contribution in [-0.2, 0) is 9.47 Å². The molecule has 1 aromatic rings. The van der Waals surface area contributed by atoms with Crippen LogP contribution in [0.5, 0.6) is 5.75 Å². The molecule has 158 valence electrons. The van der Waals surface area contributed by atoms with Gasteiger partial charge in [-0.05, 0) is 37.8 Å². The lowest BCUT2D eigenvalue weighted by molar-refractivity contribution is -0.0529. The maximum atomic E-state index is 12.5. The summed E-state index contributed by atoms with van der Waals surface area (Å²) in [4.78, 5) is 14.7. The summed E-state index contributed by atoms with van der Waals surface area (Å²) in [6.45, 7) is 7.84. The molecule has 1 unspecified atom stereocenters. The van der Waals surface area contributed by atoms with Crippen LogP contribution in [0.15, 0.2) is 24.3 Å². The zero-order valence-corrected chi connectivity index (χ0v) is 17.5. The second-order valence-electron chi connectivity index (χ2n) is 7.21. The predicted octanol–water partition coefficient (Wildman–Crippen LogP) is 5.04. The molecular formula is C22H36N2O4. The Kier molecular flexibility index (Phi) is 10.8. The van der Waals surface area contributed by atoms with E-state index in [0.29, 0.717) is 31.3 Å². The fourth-order valence-corrected chi connectivity index (χ4v) is 3.24. The molecule has 1 heterocycles. The Hall–Kier alpha value is -1.79. The average Bonchev–Trinajstić information content (AvgIpc) is 3.23. The normalized spacial score (nSPS) is 15.4. The zero-order valence-electron chi connectivity index (χ0n) is 17.5. The van der Waals surface area contributed by atoms with Crippen LogP contribution in [0.2, 0.25) is 0 Å². The van der Waals surface area contributed by atoms with E-state index in [0.717, 1.165) is 45.2 Å². The third kappa shape index (κ3) is 8.07. The molecule has 0 aromatic heterocycles. The smallest absolute Gasteiger partial charge is 0.413 e. The Morgan fingerprint density at radius 1 is 1.07 bits per heavy atom. The summed E-state index contributed by atoms with van der Waals surface area (Å²) >= 11 is 0. The second kappa shape index (κ2) is 13.4. The van der Waals surface area contributed by atoms with Gasteiger partial charge in [0, 0.05) is 19.7 Å². The molecule has 28 heavy (non-hydrogen) atoms. The van der Waals surface area contributed by atoms with Crippen molar-refractivity contribution in [2.45, 2.75) is 65.0 Å². The quantitative estimate of drug-likeness (QED) is 0.476. The van der Waals surface area contributed by atoms with E-state index >= 15 is 0 Å². The highest BCUT2D eigenvalue weighted by atomic mass is 16.6. The maximum absolute atomic E-state index is 12.5. The number of carbonyl (C=O) groups is 1. The van der Waals surface area contributed by atoms with Gasteiger partial charge >= 0.3 is 6.09 Å². The van der Waals surface area contributed by atoms with Gasteiger partial charge < -0.3 is 14.2 Å². The number of likely N-dealkylation sites (tertiary alicyclic amines) is 1. The lowest BCUT2D eigenvalue weighted by Gasteiger charge is -2.27. The highest BCUT2D eigenvalue weighted by Gasteiger charge is 2.25. The lowest BCUT2D eigenvalue weighted by Crippen LogP contribution is -2.41. The van der Waals surface area contributed by atoms with E-state index in [1.807, 2.05) is 24.3 Å². The van der Waals surface area contributed by atoms with E-state index in [-0.39, 0.29) is 6.23 Å². The molecule has 0 aliphatic carbocycles. The van der Waals surface area contributed by atoms with Gasteiger partial charge in [0.2, 0.25) is 0 Å². The molecule has 1 N–H and O–H groups in total. The molecule has 1 aromatic carbocycles. The molecule has 0 saturated carbocycles. The lowest BCUT2D eigenvalue weighted by atomic mass is 10.2. The number of ether oxygens (including phenoxy) is 3. The zero-order chi connectivity index (χ0) is 20.0. The summed E-state index contributed by atoms with van der Waals surface area (Å²) in [5.74, 6) is 0.677. The number of hydrogen-bond donors (Lipinski definition) is 1. The van der Waals surface area contributed by atoms with Gasteiger partial charge in [-0.2, -0.15) is 0 Å². The van der Waals surface area contributed by atoms with Gasteiger partial charge in [0.05, 0.1) is 18.9 Å². The average molecular weight is 393 g/mol. The van der Waals surface area contributed by atoms with Crippen molar-refractivity contribution in [3.05, 3.63) is 24.3 Å². The van der Waals surface area contributed by atoms with Crippen LogP contribution in [0.4, 0.5) is 10.5 Å². The van der Waals surface area contributed by atoms with E-state index in [4.69, 9.17) is 14.2 Å². The SMILES string of the molecule is CCCCCCOc1ccccc1NC(=O)OC(COCCC)N1CCCC1. The summed E-state index contributed by atoms with van der Waals surface area (Å²) < 4.78 is 17.2. The topological polar surface area (TPSA) is 60.0 Å². The third-order valence-corrected chi connectivity index (χ3v) is 4.78. The summed E-state index contributed by atoms with van der Waals surface area (Å²) in [5, 5.41) is 2.84. The molecular weight excluding hydrogens is 356 g/mol. The van der Waals surface area contributed by atoms with Crippen LogP contribution in [-0.4, -0.2) is 50.1 Å². The summed E-state index contributed by atoms with van der Waals surface area (Å²) in [5.41, 5.74) is 0.637. The number of benzene rings is 1. The Bertz CT molecular complexity index is 561. The Morgan fingerprint density at radius 3 is 2.61 bits per heavy atom. The number of unbranched alkanes of at least 4 members (excludes halogenated alkanes) is 3. The Balaban J connectivity index is 1.87. The monoisotopic (exact) mass is 392 g/mol. The summed E-state index contributed by atoms with van der Waals surface area (Å²) in [6.07, 6.45) is 6.96. The van der Waals surface area contributed by atoms with Crippen molar-refractivity contribution in [2.24, 2.45) is 0 Å². The molecule has 1 atom stereocenters. The van der Waals surface area contributed by atoms with Crippen molar-refractivity contribution in [3.63, 3.8) is 0 Å². The number of amides is 1. The number of anilines is 1. The molecule has 1 saturated heterocycles. The first-order chi connectivity index (χ1) is 13.7. The third-order valence-electron chi connectivity index (χ3n) is 4.78. The molecule has 6 heteroatoms. The van der Waals surface area contributed by atoms with Crippen molar-refractivity contribution < 1.29 is 19.0 Å². The first-order valence-electron chi connectivity index (χ1n) is 10.8. The number of rotatable bonds is 13. The maximum Gasteiger partial charge on any atom is 0.413 e. The first-order valence-corrected chi connectivity index (χ1v) is 10.8. The van der Waals surface area contributed by atoms with Crippen LogP contribution in [0.1, 0.15) is 58.8 Å². The van der Waals surface area contributed by atoms with Gasteiger partial charge in [0.25, 0.3) is 0 Å². The van der Waals surface area contributed by atoms with Gasteiger partial charge in [-0.1, -0.05) is 45.2 Å². The number of carbonyl (C=O) groups excluding carboxylic acids is 1. The minimum atomic E-state index is -0.473. The van der Waals surface area contributed by atoms with Crippen molar-refractivity contribution in [2.75, 3.05) is 38.2 Å². The molecule has 6 nitrogen and oxygen atoms in total. The van der Waals surface area contributed by atoms with Crippen LogP contribution in [0, 0.1) is 0 Å². The van der Waals surface area contributed by atoms with Gasteiger partial charge in [0.1, 0.15) is 5.75 Å². The predicted molar refractivity (Wildman–Crippen MR) is 112 cm³/mol. The standard InChI is InChI=1S/C22H36N2O4/c1-3-5-6-11-17-27-20-13-8-7-12-19(20)23-22(25)28-21(18-26-16-4-2)24-14-9-10-15-24/h7-8,12-13,21H,3-6,9-11,14-18H2,1-2H3,(H,23,25). The first kappa shape index (κ1) is 22.5. The van der Waals surface area contributed by atoms with Crippen molar-refractivity contribution in [3.8, 4) is 5.75 Å². The fraction of sp³-hybridized carbons (Fsp3) is 0.682. The molecule has 0 bridgehead atoms. The van der Waals surface area contributed by atoms with Crippen LogP contribution >= 0.6 is 0 Å². The molecule has 1 aliphatic heterocycles. The van der Waals surface area contributed by atoms with Crippen molar-refractivity contribution in [1.29, 1.82) is 0 Å². The minimum absolute atomic E-state index is 0.351. The summed E-state index contributed by atoms with van der Waals surface area (Å²) in [6, 6.07) is 7.49. The van der Waals surface area contributed by atoms with Gasteiger partial charge in [-0.3, -0.25) is 10.2 Å². The number of hydrogen-bond acceptors (Lipinski definition) is 5. The van der Waals surface area contributed by atoms with E-state index < -0.39 is 6.09 Å². The highest BCUT2D eigenvalue weighted by molar-refractivity contribution is 5.86. The molecule has 2 rings (SSSR count). The van der Waals surface area contributed by atoms with Crippen LogP contribution in [0.25, 0.3) is 0 Å². The van der Waals surface area contributed by atoms with E-state index in [1.165, 1.54) is 12.8 Å². The molecule has 1 amide bonds. The number of para-hydroxylation sites is 2. The Morgan fingerprint density at radius 2 is 1.86 bits per heavy atom. The highest BCUT2D eigenvalue weighted by Crippen LogP contribution is 2.24. The van der Waals surface area contributed by atoms with Gasteiger partial charge in [0.15, 0.2) is 6.23 Å². The Labute approximate surface area is 169 Å². The fourth-order valence-electron chi connectivity index (χ4n) is 3.24. The van der Waals surface area contributed by atoms with Crippen molar-refractivity contribution in [1.82, 2.24) is 4.90 Å². The molecule has 0 radical (unpaired) electrons. The minimum Gasteiger partial charge on any atom is -0.491 e. The van der Waals surface area contributed by atoms with Gasteiger partial charge in [-0.25, -0.2) is 4.79 Å². The number of nitrogens with zero attached hydrogens (tertiary/aromatic N) is 1. The van der Waals surface area contributed by atoms with Gasteiger partial charge in [-0.15, -0.1) is 0 Å².